The molecule has 5 fully saturated rings. The second-order valence-corrected chi connectivity index (χ2v) is 14.0. The van der Waals surface area contributed by atoms with Crippen LogP contribution < -0.4 is 0 Å². The number of allylic oxidation sites excluding steroid dienone is 1. The number of carbonyl (C=O) groups is 1. The molecular formula is C29H45NO2. The van der Waals surface area contributed by atoms with E-state index in [2.05, 4.69) is 53.3 Å². The smallest absolute Gasteiger partial charge is 0.138 e. The Morgan fingerprint density at radius 2 is 1.59 bits per heavy atom. The van der Waals surface area contributed by atoms with E-state index in [0.717, 1.165) is 38.5 Å². The minimum Gasteiger partial charge on any atom is -0.299 e. The first-order valence-corrected chi connectivity index (χ1v) is 13.4. The molecule has 178 valence electrons. The van der Waals surface area contributed by atoms with Crippen molar-refractivity contribution in [3.05, 3.63) is 17.1 Å². The van der Waals surface area contributed by atoms with Gasteiger partial charge in [0.1, 0.15) is 11.3 Å². The van der Waals surface area contributed by atoms with Gasteiger partial charge in [0, 0.05) is 11.8 Å². The number of nitrogens with zero attached hydrogens (tertiary/aromatic N) is 1. The Morgan fingerprint density at radius 1 is 0.875 bits per heavy atom. The van der Waals surface area contributed by atoms with Gasteiger partial charge in [0.2, 0.25) is 0 Å². The number of fused-ring (bicyclic) bond motifs is 7. The van der Waals surface area contributed by atoms with Crippen molar-refractivity contribution >= 4 is 5.78 Å². The zero-order valence-corrected chi connectivity index (χ0v) is 21.4. The Balaban J connectivity index is 1.56. The standard InChI is InChI=1S/C29H45NO2/c1-18(2)19-10-15-29(30-32)17-16-27(6)20(24(19)29)8-9-22-26(5)13-12-23(31)25(3,4)21(26)11-14-28(22,27)7/h19-22,24H,1,8-17H2,2-7H3/t19-,20+,21-,22+,24+,26-,27+,28+,29-/m0/s1. The molecule has 5 rings (SSSR count). The van der Waals surface area contributed by atoms with Gasteiger partial charge in [-0.3, -0.25) is 4.79 Å². The van der Waals surface area contributed by atoms with Gasteiger partial charge in [-0.15, -0.1) is 0 Å². The number of hydrogen-bond acceptors (Lipinski definition) is 3. The van der Waals surface area contributed by atoms with Gasteiger partial charge in [0.05, 0.1) is 0 Å². The second kappa shape index (κ2) is 6.79. The number of ketones is 1. The van der Waals surface area contributed by atoms with E-state index in [-0.39, 0.29) is 27.2 Å². The van der Waals surface area contributed by atoms with Crippen molar-refractivity contribution in [2.75, 3.05) is 0 Å². The van der Waals surface area contributed by atoms with Crippen LogP contribution in [0.4, 0.5) is 0 Å². The maximum atomic E-state index is 12.9. The third-order valence-corrected chi connectivity index (χ3v) is 13.0. The maximum Gasteiger partial charge on any atom is 0.138 e. The first-order chi connectivity index (χ1) is 14.9. The Morgan fingerprint density at radius 3 is 2.25 bits per heavy atom. The summed E-state index contributed by atoms with van der Waals surface area (Å²) < 4.78 is 0. The molecule has 3 nitrogen and oxygen atoms in total. The molecule has 0 N–H and O–H groups in total. The molecule has 5 aliphatic rings. The minimum atomic E-state index is -0.350. The molecule has 5 aliphatic carbocycles. The van der Waals surface area contributed by atoms with Gasteiger partial charge in [0.25, 0.3) is 0 Å². The van der Waals surface area contributed by atoms with Gasteiger partial charge >= 0.3 is 0 Å². The summed E-state index contributed by atoms with van der Waals surface area (Å²) in [5.74, 6) is 3.06. The lowest BCUT2D eigenvalue weighted by Gasteiger charge is -2.72. The van der Waals surface area contributed by atoms with Gasteiger partial charge < -0.3 is 0 Å². The molecule has 0 saturated heterocycles. The Kier molecular flexibility index (Phi) is 4.83. The number of Topliss-reactive ketones (excluding diaryl/α,β-unsaturated/α-hetero) is 1. The fraction of sp³-hybridized carbons (Fsp3) is 0.897. The normalized spacial score (nSPS) is 54.1. The summed E-state index contributed by atoms with van der Waals surface area (Å²) in [6.07, 6.45) is 10.9. The summed E-state index contributed by atoms with van der Waals surface area (Å²) in [7, 11) is 0. The number of nitroso groups, excluding NO2 is 1. The van der Waals surface area contributed by atoms with E-state index in [0.29, 0.717) is 35.4 Å². The van der Waals surface area contributed by atoms with Crippen molar-refractivity contribution < 1.29 is 4.79 Å². The monoisotopic (exact) mass is 439 g/mol. The van der Waals surface area contributed by atoms with Crippen molar-refractivity contribution in [1.82, 2.24) is 0 Å². The van der Waals surface area contributed by atoms with Crippen LogP contribution in [0.2, 0.25) is 0 Å². The van der Waals surface area contributed by atoms with Crippen LogP contribution >= 0.6 is 0 Å². The van der Waals surface area contributed by atoms with Crippen molar-refractivity contribution in [2.45, 2.75) is 111 Å². The molecule has 0 bridgehead atoms. The van der Waals surface area contributed by atoms with E-state index >= 15 is 0 Å². The SMILES string of the molecule is C=C(C)[C@@H]1CC[C@]2(N=O)CC[C@]3(C)[C@H](CC[C@@H]4[C@@]5(C)CCC(=O)C(C)(C)[C@@H]5CC[C@]43C)[C@@H]12. The number of rotatable bonds is 2. The first kappa shape index (κ1) is 22.8. The largest absolute Gasteiger partial charge is 0.299 e. The van der Waals surface area contributed by atoms with Crippen molar-refractivity contribution in [2.24, 2.45) is 56.4 Å². The van der Waals surface area contributed by atoms with Gasteiger partial charge in [-0.25, -0.2) is 0 Å². The molecule has 32 heavy (non-hydrogen) atoms. The molecule has 0 aromatic rings. The molecular weight excluding hydrogens is 394 g/mol. The minimum absolute atomic E-state index is 0.189. The highest BCUT2D eigenvalue weighted by atomic mass is 16.3. The number of hydrogen-bond donors (Lipinski definition) is 0. The summed E-state index contributed by atoms with van der Waals surface area (Å²) in [6, 6.07) is 0. The molecule has 0 spiro atoms. The van der Waals surface area contributed by atoms with Gasteiger partial charge in [-0.1, -0.05) is 51.9 Å². The van der Waals surface area contributed by atoms with E-state index in [9.17, 15) is 9.70 Å². The summed E-state index contributed by atoms with van der Waals surface area (Å²) in [4.78, 5) is 25.2. The van der Waals surface area contributed by atoms with Gasteiger partial charge in [-0.05, 0) is 111 Å². The van der Waals surface area contributed by atoms with E-state index in [1.165, 1.54) is 31.3 Å². The first-order valence-electron chi connectivity index (χ1n) is 13.4. The maximum absolute atomic E-state index is 12.9. The van der Waals surface area contributed by atoms with Crippen molar-refractivity contribution in [1.29, 1.82) is 0 Å². The number of carbonyl (C=O) groups excluding carboxylic acids is 1. The lowest BCUT2D eigenvalue weighted by molar-refractivity contribution is -0.227. The second-order valence-electron chi connectivity index (χ2n) is 14.0. The molecule has 5 saturated carbocycles. The van der Waals surface area contributed by atoms with Crippen LogP contribution in [0.5, 0.6) is 0 Å². The van der Waals surface area contributed by atoms with E-state index in [4.69, 9.17) is 0 Å². The predicted molar refractivity (Wildman–Crippen MR) is 130 cm³/mol. The summed E-state index contributed by atoms with van der Waals surface area (Å²) in [5, 5.41) is 3.90. The highest BCUT2D eigenvalue weighted by Gasteiger charge is 2.71. The van der Waals surface area contributed by atoms with Crippen molar-refractivity contribution in [3.8, 4) is 0 Å². The fourth-order valence-corrected chi connectivity index (χ4v) is 11.1. The Bertz CT molecular complexity index is 861. The molecule has 0 radical (unpaired) electrons. The van der Waals surface area contributed by atoms with Crippen LogP contribution in [0.1, 0.15) is 106 Å². The molecule has 0 heterocycles. The lowest BCUT2D eigenvalue weighted by Crippen LogP contribution is -2.66. The van der Waals surface area contributed by atoms with Crippen molar-refractivity contribution in [3.63, 3.8) is 0 Å². The van der Waals surface area contributed by atoms with Crippen LogP contribution in [0.15, 0.2) is 17.3 Å². The van der Waals surface area contributed by atoms with E-state index < -0.39 is 0 Å². The van der Waals surface area contributed by atoms with Crippen LogP contribution in [0, 0.1) is 56.2 Å². The summed E-state index contributed by atoms with van der Waals surface area (Å²) in [5.41, 5.74) is 1.49. The third-order valence-electron chi connectivity index (χ3n) is 13.0. The molecule has 0 aromatic carbocycles. The van der Waals surface area contributed by atoms with Crippen LogP contribution in [-0.4, -0.2) is 11.3 Å². The lowest BCUT2D eigenvalue weighted by atomic mass is 9.33. The predicted octanol–water partition coefficient (Wildman–Crippen LogP) is 7.73. The van der Waals surface area contributed by atoms with Crippen LogP contribution in [0.3, 0.4) is 0 Å². The molecule has 0 aliphatic heterocycles. The van der Waals surface area contributed by atoms with Crippen LogP contribution in [0.25, 0.3) is 0 Å². The molecule has 3 heteroatoms. The van der Waals surface area contributed by atoms with Gasteiger partial charge in [0.15, 0.2) is 0 Å². The third kappa shape index (κ3) is 2.52. The summed E-state index contributed by atoms with van der Waals surface area (Å²) >= 11 is 0. The van der Waals surface area contributed by atoms with E-state index in [1.54, 1.807) is 0 Å². The summed E-state index contributed by atoms with van der Waals surface area (Å²) in [6.45, 7) is 18.8. The molecule has 0 amide bonds. The van der Waals surface area contributed by atoms with Gasteiger partial charge in [-0.2, -0.15) is 4.91 Å². The topological polar surface area (TPSA) is 46.5 Å². The quantitative estimate of drug-likeness (QED) is 0.326. The average molecular weight is 440 g/mol. The highest BCUT2D eigenvalue weighted by molar-refractivity contribution is 5.85. The molecule has 9 atom stereocenters. The molecule has 0 unspecified atom stereocenters. The Labute approximate surface area is 195 Å². The molecule has 0 aromatic heterocycles. The van der Waals surface area contributed by atoms with E-state index in [1.807, 2.05) is 0 Å². The zero-order valence-electron chi connectivity index (χ0n) is 21.4. The average Bonchev–Trinajstić information content (AvgIpc) is 3.12. The fourth-order valence-electron chi connectivity index (χ4n) is 11.1. The Hall–Kier alpha value is -0.990. The highest BCUT2D eigenvalue weighted by Crippen LogP contribution is 2.76. The van der Waals surface area contributed by atoms with Crippen LogP contribution in [-0.2, 0) is 4.79 Å². The zero-order chi connectivity index (χ0) is 23.3.